The maximum absolute atomic E-state index is 10.9. The van der Waals surface area contributed by atoms with E-state index in [0.717, 1.165) is 11.5 Å². The standard InChI is InChI=1S/C10H6N2O3S/c13-5-6-3-1-2-4-7(6)9-8(10(14)15)11-12-16-9/h1-5H,(H,14,15). The van der Waals surface area contributed by atoms with E-state index in [0.29, 0.717) is 22.3 Å². The fraction of sp³-hybridized carbons (Fsp3) is 0. The summed E-state index contributed by atoms with van der Waals surface area (Å²) in [5, 5.41) is 12.4. The van der Waals surface area contributed by atoms with Crippen molar-refractivity contribution in [1.82, 2.24) is 9.59 Å². The minimum Gasteiger partial charge on any atom is -0.476 e. The lowest BCUT2D eigenvalue weighted by atomic mass is 10.1. The van der Waals surface area contributed by atoms with Crippen LogP contribution in [0.3, 0.4) is 0 Å². The van der Waals surface area contributed by atoms with Crippen LogP contribution in [-0.4, -0.2) is 26.9 Å². The minimum absolute atomic E-state index is 0.126. The number of hydrogen-bond donors (Lipinski definition) is 1. The predicted molar refractivity (Wildman–Crippen MR) is 57.7 cm³/mol. The van der Waals surface area contributed by atoms with Crippen LogP contribution in [0.5, 0.6) is 0 Å². The number of hydrogen-bond acceptors (Lipinski definition) is 5. The summed E-state index contributed by atoms with van der Waals surface area (Å²) < 4.78 is 3.59. The summed E-state index contributed by atoms with van der Waals surface area (Å²) in [4.78, 5) is 22.1. The first-order valence-electron chi connectivity index (χ1n) is 4.34. The summed E-state index contributed by atoms with van der Waals surface area (Å²) in [7, 11) is 0. The number of carboxylic acids is 1. The maximum Gasteiger partial charge on any atom is 0.358 e. The number of aldehydes is 1. The van der Waals surface area contributed by atoms with Crippen molar-refractivity contribution in [3.05, 3.63) is 35.5 Å². The number of aromatic carboxylic acids is 1. The van der Waals surface area contributed by atoms with E-state index < -0.39 is 5.97 Å². The molecule has 1 N–H and O–H groups in total. The van der Waals surface area contributed by atoms with Crippen molar-refractivity contribution in [2.45, 2.75) is 0 Å². The van der Waals surface area contributed by atoms with Crippen LogP contribution in [0.25, 0.3) is 10.4 Å². The zero-order chi connectivity index (χ0) is 11.5. The van der Waals surface area contributed by atoms with Gasteiger partial charge < -0.3 is 5.11 Å². The SMILES string of the molecule is O=Cc1ccccc1-c1snnc1C(=O)O. The maximum atomic E-state index is 10.9. The normalized spacial score (nSPS) is 10.0. The molecule has 0 aliphatic carbocycles. The van der Waals surface area contributed by atoms with Crippen LogP contribution in [0.4, 0.5) is 0 Å². The number of rotatable bonds is 3. The highest BCUT2D eigenvalue weighted by Crippen LogP contribution is 2.28. The number of carbonyl (C=O) groups is 2. The molecule has 2 aromatic rings. The van der Waals surface area contributed by atoms with Gasteiger partial charge in [-0.25, -0.2) is 4.79 Å². The van der Waals surface area contributed by atoms with Crippen molar-refractivity contribution in [2.24, 2.45) is 0 Å². The molecule has 1 aromatic carbocycles. The molecule has 0 saturated heterocycles. The highest BCUT2D eigenvalue weighted by atomic mass is 32.1. The Labute approximate surface area is 94.5 Å². The van der Waals surface area contributed by atoms with Gasteiger partial charge in [-0.05, 0) is 11.5 Å². The predicted octanol–water partition coefficient (Wildman–Crippen LogP) is 1.72. The Kier molecular flexibility index (Phi) is 2.74. The molecular weight excluding hydrogens is 228 g/mol. The van der Waals surface area contributed by atoms with Crippen LogP contribution in [-0.2, 0) is 0 Å². The number of benzene rings is 1. The molecule has 2 rings (SSSR count). The van der Waals surface area contributed by atoms with Gasteiger partial charge in [-0.3, -0.25) is 4.79 Å². The van der Waals surface area contributed by atoms with Gasteiger partial charge in [-0.15, -0.1) is 5.10 Å². The number of aromatic nitrogens is 2. The minimum atomic E-state index is -1.15. The zero-order valence-corrected chi connectivity index (χ0v) is 8.77. The molecule has 6 heteroatoms. The molecule has 0 atom stereocenters. The van der Waals surface area contributed by atoms with Crippen LogP contribution >= 0.6 is 11.5 Å². The average molecular weight is 234 g/mol. The van der Waals surface area contributed by atoms with Crippen LogP contribution in [0.2, 0.25) is 0 Å². The van der Waals surface area contributed by atoms with Crippen LogP contribution in [0, 0.1) is 0 Å². The molecule has 80 valence electrons. The monoisotopic (exact) mass is 234 g/mol. The first-order valence-corrected chi connectivity index (χ1v) is 5.11. The lowest BCUT2D eigenvalue weighted by Gasteiger charge is -2.00. The summed E-state index contributed by atoms with van der Waals surface area (Å²) in [6, 6.07) is 6.73. The van der Waals surface area contributed by atoms with Crippen molar-refractivity contribution >= 4 is 23.8 Å². The fourth-order valence-corrected chi connectivity index (χ4v) is 2.02. The molecule has 0 bridgehead atoms. The van der Waals surface area contributed by atoms with Crippen molar-refractivity contribution in [3.63, 3.8) is 0 Å². The molecule has 0 amide bonds. The third kappa shape index (κ3) is 1.70. The lowest BCUT2D eigenvalue weighted by molar-refractivity contribution is 0.0691. The van der Waals surface area contributed by atoms with Crippen molar-refractivity contribution in [3.8, 4) is 10.4 Å². The van der Waals surface area contributed by atoms with Crippen LogP contribution in [0.15, 0.2) is 24.3 Å². The Hall–Kier alpha value is -2.08. The summed E-state index contributed by atoms with van der Waals surface area (Å²) in [5.41, 5.74) is 0.847. The number of nitrogens with zero attached hydrogens (tertiary/aromatic N) is 2. The molecule has 0 aliphatic rings. The van der Waals surface area contributed by atoms with Gasteiger partial charge in [0.15, 0.2) is 12.0 Å². The van der Waals surface area contributed by atoms with E-state index in [4.69, 9.17) is 5.11 Å². The van der Waals surface area contributed by atoms with Gasteiger partial charge >= 0.3 is 5.97 Å². The molecule has 0 spiro atoms. The molecule has 0 saturated carbocycles. The molecule has 0 fully saturated rings. The second-order valence-electron chi connectivity index (χ2n) is 2.96. The van der Waals surface area contributed by atoms with E-state index in [1.54, 1.807) is 24.3 Å². The molecule has 0 aliphatic heterocycles. The highest BCUT2D eigenvalue weighted by Gasteiger charge is 2.18. The Bertz CT molecular complexity index is 551. The van der Waals surface area contributed by atoms with Crippen LogP contribution < -0.4 is 0 Å². The van der Waals surface area contributed by atoms with E-state index in [1.807, 2.05) is 0 Å². The number of carboxylic acid groups (broad SMARTS) is 1. The Morgan fingerprint density at radius 1 is 1.38 bits per heavy atom. The van der Waals surface area contributed by atoms with Gasteiger partial charge in [0.25, 0.3) is 0 Å². The van der Waals surface area contributed by atoms with Crippen LogP contribution in [0.1, 0.15) is 20.8 Å². The Morgan fingerprint density at radius 2 is 2.12 bits per heavy atom. The summed E-state index contributed by atoms with van der Waals surface area (Å²) in [6.07, 6.45) is 0.681. The van der Waals surface area contributed by atoms with Gasteiger partial charge in [0.2, 0.25) is 0 Å². The molecule has 0 unspecified atom stereocenters. The topological polar surface area (TPSA) is 80.2 Å². The Balaban J connectivity index is 2.63. The van der Waals surface area contributed by atoms with E-state index >= 15 is 0 Å². The van der Waals surface area contributed by atoms with Gasteiger partial charge in [0.1, 0.15) is 0 Å². The fourth-order valence-electron chi connectivity index (χ4n) is 1.31. The van der Waals surface area contributed by atoms with Crippen molar-refractivity contribution in [2.75, 3.05) is 0 Å². The van der Waals surface area contributed by atoms with E-state index in [-0.39, 0.29) is 5.69 Å². The lowest BCUT2D eigenvalue weighted by Crippen LogP contribution is -1.99. The summed E-state index contributed by atoms with van der Waals surface area (Å²) in [5.74, 6) is -1.15. The quantitative estimate of drug-likeness (QED) is 0.818. The van der Waals surface area contributed by atoms with Gasteiger partial charge in [-0.2, -0.15) is 0 Å². The molecule has 5 nitrogen and oxygen atoms in total. The van der Waals surface area contributed by atoms with E-state index in [2.05, 4.69) is 9.59 Å². The molecule has 0 radical (unpaired) electrons. The second-order valence-corrected chi connectivity index (χ2v) is 3.72. The molecule has 16 heavy (non-hydrogen) atoms. The number of carbonyl (C=O) groups excluding carboxylic acids is 1. The molecule has 1 heterocycles. The molecular formula is C10H6N2O3S. The Morgan fingerprint density at radius 3 is 2.81 bits per heavy atom. The molecule has 1 aromatic heterocycles. The van der Waals surface area contributed by atoms with E-state index in [9.17, 15) is 9.59 Å². The van der Waals surface area contributed by atoms with Crippen molar-refractivity contribution in [1.29, 1.82) is 0 Å². The highest BCUT2D eigenvalue weighted by molar-refractivity contribution is 7.09. The van der Waals surface area contributed by atoms with Gasteiger partial charge in [0, 0.05) is 11.1 Å². The van der Waals surface area contributed by atoms with E-state index in [1.165, 1.54) is 0 Å². The first-order chi connectivity index (χ1) is 7.74. The smallest absolute Gasteiger partial charge is 0.358 e. The third-order valence-electron chi connectivity index (χ3n) is 2.02. The third-order valence-corrected chi connectivity index (χ3v) is 2.78. The summed E-state index contributed by atoms with van der Waals surface area (Å²) in [6.45, 7) is 0. The van der Waals surface area contributed by atoms with Crippen molar-refractivity contribution < 1.29 is 14.7 Å². The summed E-state index contributed by atoms with van der Waals surface area (Å²) >= 11 is 0.960. The van der Waals surface area contributed by atoms with Gasteiger partial charge in [0.05, 0.1) is 4.88 Å². The zero-order valence-electron chi connectivity index (χ0n) is 7.95. The second kappa shape index (κ2) is 4.19. The van der Waals surface area contributed by atoms with Gasteiger partial charge in [-0.1, -0.05) is 28.8 Å². The first kappa shape index (κ1) is 10.4. The average Bonchev–Trinajstić information content (AvgIpc) is 2.77. The largest absolute Gasteiger partial charge is 0.476 e.